The van der Waals surface area contributed by atoms with Crippen molar-refractivity contribution in [3.05, 3.63) is 70.8 Å². The number of carbonyl (C=O) groups is 2. The van der Waals surface area contributed by atoms with Gasteiger partial charge in [-0.3, -0.25) is 19.0 Å². The second-order valence-electron chi connectivity index (χ2n) is 6.82. The fourth-order valence-electron chi connectivity index (χ4n) is 2.95. The number of nitrogens with one attached hydrogen (secondary N) is 2. The molecule has 3 aromatic rings. The van der Waals surface area contributed by atoms with Gasteiger partial charge in [0.2, 0.25) is 11.8 Å². The Hall–Kier alpha value is -3.48. The van der Waals surface area contributed by atoms with Crippen molar-refractivity contribution in [1.82, 2.24) is 14.9 Å². The van der Waals surface area contributed by atoms with E-state index in [1.54, 1.807) is 24.3 Å². The maximum Gasteiger partial charge on any atom is 0.261 e. The summed E-state index contributed by atoms with van der Waals surface area (Å²) < 4.78 is 1.23. The van der Waals surface area contributed by atoms with Gasteiger partial charge in [-0.2, -0.15) is 0 Å². The molecule has 0 aliphatic rings. The lowest BCUT2D eigenvalue weighted by atomic mass is 10.1. The molecule has 7 nitrogen and oxygen atoms in total. The molecule has 0 aliphatic heterocycles. The molecule has 0 saturated carbocycles. The maximum absolute atomic E-state index is 12.4. The first-order chi connectivity index (χ1) is 14.1. The van der Waals surface area contributed by atoms with Crippen LogP contribution in [0, 0.1) is 0 Å². The summed E-state index contributed by atoms with van der Waals surface area (Å²) in [6.07, 6.45) is 4.63. The van der Waals surface area contributed by atoms with Gasteiger partial charge in [0.15, 0.2) is 0 Å². The van der Waals surface area contributed by atoms with Crippen molar-refractivity contribution < 1.29 is 9.59 Å². The first-order valence-corrected chi connectivity index (χ1v) is 9.66. The molecule has 0 fully saturated rings. The van der Waals surface area contributed by atoms with Crippen LogP contribution < -0.4 is 16.2 Å². The lowest BCUT2D eigenvalue weighted by Crippen LogP contribution is -2.37. The van der Waals surface area contributed by atoms with Crippen LogP contribution in [-0.2, 0) is 22.6 Å². The van der Waals surface area contributed by atoms with E-state index in [4.69, 9.17) is 0 Å². The molecule has 2 N–H and O–H groups in total. The smallest absolute Gasteiger partial charge is 0.261 e. The Bertz CT molecular complexity index is 1060. The number of para-hydroxylation sites is 1. The number of unbranched alkanes of at least 4 members (excludes halogenated alkanes) is 1. The number of hydrogen-bond donors (Lipinski definition) is 2. The quantitative estimate of drug-likeness (QED) is 0.616. The first-order valence-electron chi connectivity index (χ1n) is 9.66. The third kappa shape index (κ3) is 5.51. The van der Waals surface area contributed by atoms with Crippen LogP contribution in [0.1, 0.15) is 25.3 Å². The van der Waals surface area contributed by atoms with Gasteiger partial charge in [0.25, 0.3) is 5.56 Å². The number of hydrogen-bond acceptors (Lipinski definition) is 4. The largest absolute Gasteiger partial charge is 0.345 e. The van der Waals surface area contributed by atoms with Crippen LogP contribution in [0.5, 0.6) is 0 Å². The van der Waals surface area contributed by atoms with Crippen molar-refractivity contribution in [3.8, 4) is 0 Å². The summed E-state index contributed by atoms with van der Waals surface area (Å²) in [7, 11) is 0. The number of rotatable bonds is 8. The summed E-state index contributed by atoms with van der Waals surface area (Å²) in [5.74, 6) is -0.766. The molecule has 0 saturated heterocycles. The molecular weight excluding hydrogens is 368 g/mol. The van der Waals surface area contributed by atoms with Crippen LogP contribution in [0.15, 0.2) is 59.7 Å². The average molecular weight is 392 g/mol. The lowest BCUT2D eigenvalue weighted by Gasteiger charge is -2.09. The van der Waals surface area contributed by atoms with Crippen molar-refractivity contribution >= 4 is 28.4 Å². The molecular formula is C22H24N4O3. The molecule has 0 aliphatic carbocycles. The summed E-state index contributed by atoms with van der Waals surface area (Å²) in [6, 6.07) is 14.6. The standard InChI is InChI=1S/C22H24N4O3/c1-2-3-6-16-9-11-17(12-10-16)25-20(27)13-23-21(28)14-26-15-24-19-8-5-4-7-18(19)22(26)29/h4-5,7-12,15H,2-3,6,13-14H2,1H3,(H,23,28)(H,25,27). The molecule has 2 aromatic carbocycles. The van der Waals surface area contributed by atoms with E-state index >= 15 is 0 Å². The minimum absolute atomic E-state index is 0.174. The van der Waals surface area contributed by atoms with Gasteiger partial charge in [0.05, 0.1) is 23.8 Å². The average Bonchev–Trinajstić information content (AvgIpc) is 2.74. The van der Waals surface area contributed by atoms with Crippen LogP contribution >= 0.6 is 0 Å². The Morgan fingerprint density at radius 2 is 1.79 bits per heavy atom. The number of benzene rings is 2. The molecule has 2 amide bonds. The zero-order valence-electron chi connectivity index (χ0n) is 16.4. The molecule has 0 unspecified atom stereocenters. The molecule has 0 spiro atoms. The highest BCUT2D eigenvalue weighted by Gasteiger charge is 2.10. The minimum atomic E-state index is -0.436. The normalized spacial score (nSPS) is 10.7. The summed E-state index contributed by atoms with van der Waals surface area (Å²) in [4.78, 5) is 40.8. The number of nitrogens with zero attached hydrogens (tertiary/aromatic N) is 2. The van der Waals surface area contributed by atoms with Gasteiger partial charge in [0, 0.05) is 5.69 Å². The van der Waals surface area contributed by atoms with E-state index in [0.29, 0.717) is 16.6 Å². The van der Waals surface area contributed by atoms with Gasteiger partial charge in [0.1, 0.15) is 6.54 Å². The number of carbonyl (C=O) groups excluding carboxylic acids is 2. The highest BCUT2D eigenvalue weighted by molar-refractivity contribution is 5.94. The highest BCUT2D eigenvalue weighted by Crippen LogP contribution is 2.11. The van der Waals surface area contributed by atoms with E-state index in [1.807, 2.05) is 24.3 Å². The maximum atomic E-state index is 12.4. The number of amides is 2. The zero-order chi connectivity index (χ0) is 20.6. The molecule has 0 bridgehead atoms. The first kappa shape index (κ1) is 20.3. The van der Waals surface area contributed by atoms with Gasteiger partial charge < -0.3 is 10.6 Å². The van der Waals surface area contributed by atoms with E-state index in [-0.39, 0.29) is 24.6 Å². The van der Waals surface area contributed by atoms with E-state index < -0.39 is 5.91 Å². The fraction of sp³-hybridized carbons (Fsp3) is 0.273. The Kier molecular flexibility index (Phi) is 6.73. The Balaban J connectivity index is 1.51. The Morgan fingerprint density at radius 1 is 1.03 bits per heavy atom. The second-order valence-corrected chi connectivity index (χ2v) is 6.82. The molecule has 0 atom stereocenters. The van der Waals surface area contributed by atoms with Crippen LogP contribution in [0.4, 0.5) is 5.69 Å². The van der Waals surface area contributed by atoms with Crippen LogP contribution in [-0.4, -0.2) is 27.9 Å². The predicted molar refractivity (Wildman–Crippen MR) is 113 cm³/mol. The molecule has 1 aromatic heterocycles. The third-order valence-corrected chi connectivity index (χ3v) is 4.55. The zero-order valence-corrected chi connectivity index (χ0v) is 16.4. The minimum Gasteiger partial charge on any atom is -0.345 e. The number of aryl methyl sites for hydroxylation is 1. The van der Waals surface area contributed by atoms with E-state index in [9.17, 15) is 14.4 Å². The monoisotopic (exact) mass is 392 g/mol. The van der Waals surface area contributed by atoms with Crippen molar-refractivity contribution in [3.63, 3.8) is 0 Å². The molecule has 29 heavy (non-hydrogen) atoms. The van der Waals surface area contributed by atoms with E-state index in [2.05, 4.69) is 22.5 Å². The number of fused-ring (bicyclic) bond motifs is 1. The molecule has 1 heterocycles. The highest BCUT2D eigenvalue weighted by atomic mass is 16.2. The summed E-state index contributed by atoms with van der Waals surface area (Å²) >= 11 is 0. The van der Waals surface area contributed by atoms with Crippen molar-refractivity contribution in [2.75, 3.05) is 11.9 Å². The van der Waals surface area contributed by atoms with Gasteiger partial charge >= 0.3 is 0 Å². The van der Waals surface area contributed by atoms with Crippen LogP contribution in [0.25, 0.3) is 10.9 Å². The van der Waals surface area contributed by atoms with Crippen LogP contribution in [0.2, 0.25) is 0 Å². The molecule has 7 heteroatoms. The molecule has 150 valence electrons. The second kappa shape index (κ2) is 9.64. The lowest BCUT2D eigenvalue weighted by molar-refractivity contribution is -0.124. The fourth-order valence-corrected chi connectivity index (χ4v) is 2.95. The van der Waals surface area contributed by atoms with Gasteiger partial charge in [-0.25, -0.2) is 4.98 Å². The van der Waals surface area contributed by atoms with E-state index in [0.717, 1.165) is 19.3 Å². The van der Waals surface area contributed by atoms with Gasteiger partial charge in [-0.05, 0) is 42.7 Å². The summed E-state index contributed by atoms with van der Waals surface area (Å²) in [6.45, 7) is 1.78. The third-order valence-electron chi connectivity index (χ3n) is 4.55. The summed E-state index contributed by atoms with van der Waals surface area (Å²) in [5.41, 5.74) is 2.19. The molecule has 3 rings (SSSR count). The molecule has 0 radical (unpaired) electrons. The Morgan fingerprint density at radius 3 is 2.55 bits per heavy atom. The SMILES string of the molecule is CCCCc1ccc(NC(=O)CNC(=O)Cn2cnc3ccccc3c2=O)cc1. The van der Waals surface area contributed by atoms with E-state index in [1.165, 1.54) is 16.5 Å². The van der Waals surface area contributed by atoms with Crippen molar-refractivity contribution in [1.29, 1.82) is 0 Å². The van der Waals surface area contributed by atoms with Crippen molar-refractivity contribution in [2.24, 2.45) is 0 Å². The Labute approximate surface area is 168 Å². The number of aromatic nitrogens is 2. The van der Waals surface area contributed by atoms with Crippen molar-refractivity contribution in [2.45, 2.75) is 32.7 Å². The van der Waals surface area contributed by atoms with Crippen LogP contribution in [0.3, 0.4) is 0 Å². The summed E-state index contributed by atoms with van der Waals surface area (Å²) in [5, 5.41) is 5.72. The topological polar surface area (TPSA) is 93.1 Å². The van der Waals surface area contributed by atoms with Gasteiger partial charge in [-0.15, -0.1) is 0 Å². The predicted octanol–water partition coefficient (Wildman–Crippen LogP) is 2.49. The van der Waals surface area contributed by atoms with Gasteiger partial charge in [-0.1, -0.05) is 37.6 Å². The number of anilines is 1.